The fourth-order valence-corrected chi connectivity index (χ4v) is 2.94. The lowest BCUT2D eigenvalue weighted by molar-refractivity contribution is 0.468. The minimum atomic E-state index is 0.260. The summed E-state index contributed by atoms with van der Waals surface area (Å²) in [4.78, 5) is 12.7. The van der Waals surface area contributed by atoms with Gasteiger partial charge in [-0.15, -0.1) is 0 Å². The number of nitrogen functional groups attached to an aromatic ring is 1. The minimum Gasteiger partial charge on any atom is -0.467 e. The lowest BCUT2D eigenvalue weighted by Gasteiger charge is -2.12. The number of halogens is 1. The molecule has 0 saturated carbocycles. The van der Waals surface area contributed by atoms with Crippen LogP contribution in [0.15, 0.2) is 64.1 Å². The third-order valence-corrected chi connectivity index (χ3v) is 4.44. The zero-order chi connectivity index (χ0) is 17.9. The van der Waals surface area contributed by atoms with Crippen molar-refractivity contribution in [2.75, 3.05) is 11.1 Å². The topological polar surface area (TPSA) is 99.1 Å². The van der Waals surface area contributed by atoms with E-state index in [1.807, 2.05) is 36.4 Å². The van der Waals surface area contributed by atoms with Crippen molar-refractivity contribution in [1.29, 1.82) is 0 Å². The van der Waals surface area contributed by atoms with E-state index in [4.69, 9.17) is 14.9 Å². The number of nitrogens with two attached hydrogens (primary N) is 1. The van der Waals surface area contributed by atoms with Crippen molar-refractivity contribution in [3.63, 3.8) is 0 Å². The highest BCUT2D eigenvalue weighted by Gasteiger charge is 2.13. The molecule has 0 aliphatic carbocycles. The molecule has 0 amide bonds. The van der Waals surface area contributed by atoms with Crippen molar-refractivity contribution in [2.45, 2.75) is 6.54 Å². The van der Waals surface area contributed by atoms with E-state index in [2.05, 4.69) is 36.2 Å². The molecule has 1 aromatic carbocycles. The van der Waals surface area contributed by atoms with Crippen LogP contribution in [0.2, 0.25) is 0 Å². The fraction of sp³-hybridized carbons (Fsp3) is 0.0556. The average Bonchev–Trinajstić information content (AvgIpc) is 3.18. The molecule has 8 heteroatoms. The highest BCUT2D eigenvalue weighted by molar-refractivity contribution is 9.10. The fourth-order valence-electron chi connectivity index (χ4n) is 2.48. The quantitative estimate of drug-likeness (QED) is 0.502. The maximum absolute atomic E-state index is 6.17. The Hall–Kier alpha value is -3.13. The molecule has 7 nitrogen and oxygen atoms in total. The summed E-state index contributed by atoms with van der Waals surface area (Å²) in [7, 11) is 0. The molecule has 0 aliphatic rings. The van der Waals surface area contributed by atoms with Gasteiger partial charge in [-0.05, 0) is 30.3 Å². The molecule has 0 radical (unpaired) electrons. The van der Waals surface area contributed by atoms with Gasteiger partial charge in [-0.2, -0.15) is 4.98 Å². The van der Waals surface area contributed by atoms with Crippen molar-refractivity contribution in [3.05, 3.63) is 65.4 Å². The molecule has 0 spiro atoms. The van der Waals surface area contributed by atoms with Crippen LogP contribution in [-0.2, 0) is 6.54 Å². The van der Waals surface area contributed by atoms with Gasteiger partial charge in [-0.1, -0.05) is 22.0 Å². The molecule has 0 bridgehead atoms. The predicted molar refractivity (Wildman–Crippen MR) is 102 cm³/mol. The van der Waals surface area contributed by atoms with Crippen LogP contribution in [0, 0.1) is 0 Å². The average molecular weight is 412 g/mol. The molecule has 0 unspecified atom stereocenters. The van der Waals surface area contributed by atoms with Crippen LogP contribution in [0.3, 0.4) is 0 Å². The molecule has 0 aliphatic heterocycles. The zero-order valence-corrected chi connectivity index (χ0v) is 15.1. The van der Waals surface area contributed by atoms with Gasteiger partial charge in [0.25, 0.3) is 0 Å². The summed E-state index contributed by atoms with van der Waals surface area (Å²) in [5, 5.41) is 4.05. The number of furan rings is 1. The third-order valence-electron chi connectivity index (χ3n) is 3.74. The van der Waals surface area contributed by atoms with Crippen molar-refractivity contribution in [3.8, 4) is 11.6 Å². The van der Waals surface area contributed by atoms with Crippen molar-refractivity contribution in [2.24, 2.45) is 0 Å². The molecule has 130 valence electrons. The van der Waals surface area contributed by atoms with Gasteiger partial charge in [0, 0.05) is 16.1 Å². The zero-order valence-electron chi connectivity index (χ0n) is 13.5. The standard InChI is InChI=1S/C18H14BrN5O2/c19-13-5-6-14(16-12(13)4-1-7-21-16)26-18-15(20)17(23-10-24-18)22-9-11-3-2-8-25-11/h1-8,10H,9,20H2,(H,22,23,24). The Kier molecular flexibility index (Phi) is 4.40. The molecular formula is C18H14BrN5O2. The highest BCUT2D eigenvalue weighted by Crippen LogP contribution is 2.35. The molecule has 3 heterocycles. The van der Waals surface area contributed by atoms with E-state index in [1.54, 1.807) is 12.5 Å². The third kappa shape index (κ3) is 3.18. The number of anilines is 2. The minimum absolute atomic E-state index is 0.260. The molecule has 26 heavy (non-hydrogen) atoms. The number of nitrogens with one attached hydrogen (secondary N) is 1. The second kappa shape index (κ2) is 7.01. The van der Waals surface area contributed by atoms with Crippen LogP contribution < -0.4 is 15.8 Å². The van der Waals surface area contributed by atoms with Crippen LogP contribution >= 0.6 is 15.9 Å². The van der Waals surface area contributed by atoms with Gasteiger partial charge in [-0.3, -0.25) is 4.98 Å². The Morgan fingerprint density at radius 2 is 2.04 bits per heavy atom. The maximum Gasteiger partial charge on any atom is 0.248 e. The number of fused-ring (bicyclic) bond motifs is 1. The predicted octanol–water partition coefficient (Wildman–Crippen LogP) is 4.37. The van der Waals surface area contributed by atoms with E-state index < -0.39 is 0 Å². The summed E-state index contributed by atoms with van der Waals surface area (Å²) >= 11 is 3.52. The molecule has 0 saturated heterocycles. The van der Waals surface area contributed by atoms with E-state index in [9.17, 15) is 0 Å². The molecular weight excluding hydrogens is 398 g/mol. The van der Waals surface area contributed by atoms with Crippen LogP contribution in [0.25, 0.3) is 10.9 Å². The summed E-state index contributed by atoms with van der Waals surface area (Å²) in [5.74, 6) is 2.07. The van der Waals surface area contributed by atoms with Gasteiger partial charge in [0.05, 0.1) is 12.8 Å². The van der Waals surface area contributed by atoms with Gasteiger partial charge in [0.1, 0.15) is 23.3 Å². The lowest BCUT2D eigenvalue weighted by atomic mass is 10.2. The lowest BCUT2D eigenvalue weighted by Crippen LogP contribution is -2.06. The molecule has 3 N–H and O–H groups in total. The second-order valence-electron chi connectivity index (χ2n) is 5.42. The van der Waals surface area contributed by atoms with Crippen molar-refractivity contribution < 1.29 is 9.15 Å². The maximum atomic E-state index is 6.17. The molecule has 0 atom stereocenters. The smallest absolute Gasteiger partial charge is 0.248 e. The van der Waals surface area contributed by atoms with Crippen LogP contribution in [-0.4, -0.2) is 15.0 Å². The Morgan fingerprint density at radius 1 is 1.12 bits per heavy atom. The monoisotopic (exact) mass is 411 g/mol. The summed E-state index contributed by atoms with van der Waals surface area (Å²) < 4.78 is 12.2. The Labute approximate surface area is 157 Å². The number of benzene rings is 1. The first-order chi connectivity index (χ1) is 12.7. The number of nitrogens with zero attached hydrogens (tertiary/aromatic N) is 3. The van der Waals surface area contributed by atoms with Crippen LogP contribution in [0.5, 0.6) is 11.6 Å². The molecule has 0 fully saturated rings. The second-order valence-corrected chi connectivity index (χ2v) is 6.28. The van der Waals surface area contributed by atoms with E-state index >= 15 is 0 Å². The summed E-state index contributed by atoms with van der Waals surface area (Å²) in [6.45, 7) is 0.455. The largest absolute Gasteiger partial charge is 0.467 e. The number of ether oxygens (including phenoxy) is 1. The van der Waals surface area contributed by atoms with Gasteiger partial charge < -0.3 is 20.2 Å². The molecule has 4 aromatic rings. The van der Waals surface area contributed by atoms with Gasteiger partial charge in [-0.25, -0.2) is 4.98 Å². The summed E-state index contributed by atoms with van der Waals surface area (Å²) in [5.41, 5.74) is 7.20. The Morgan fingerprint density at radius 3 is 2.88 bits per heavy atom. The van der Waals surface area contributed by atoms with E-state index in [0.29, 0.717) is 29.3 Å². The van der Waals surface area contributed by atoms with E-state index in [1.165, 1.54) is 6.33 Å². The molecule has 3 aromatic heterocycles. The van der Waals surface area contributed by atoms with E-state index in [-0.39, 0.29) is 5.88 Å². The normalized spacial score (nSPS) is 10.8. The first-order valence-corrected chi connectivity index (χ1v) is 8.59. The van der Waals surface area contributed by atoms with Gasteiger partial charge >= 0.3 is 0 Å². The van der Waals surface area contributed by atoms with Crippen molar-refractivity contribution >= 4 is 38.3 Å². The number of aromatic nitrogens is 3. The van der Waals surface area contributed by atoms with Crippen LogP contribution in [0.4, 0.5) is 11.5 Å². The Bertz CT molecular complexity index is 1050. The first kappa shape index (κ1) is 16.3. The SMILES string of the molecule is Nc1c(NCc2ccco2)ncnc1Oc1ccc(Br)c2cccnc12. The number of hydrogen-bond donors (Lipinski definition) is 2. The first-order valence-electron chi connectivity index (χ1n) is 7.80. The number of rotatable bonds is 5. The Balaban J connectivity index is 1.63. The van der Waals surface area contributed by atoms with Gasteiger partial charge in [0.15, 0.2) is 11.6 Å². The van der Waals surface area contributed by atoms with Crippen LogP contribution in [0.1, 0.15) is 5.76 Å². The van der Waals surface area contributed by atoms with E-state index in [0.717, 1.165) is 15.6 Å². The van der Waals surface area contributed by atoms with Crippen molar-refractivity contribution in [1.82, 2.24) is 15.0 Å². The van der Waals surface area contributed by atoms with Gasteiger partial charge in [0.2, 0.25) is 5.88 Å². The highest BCUT2D eigenvalue weighted by atomic mass is 79.9. The summed E-state index contributed by atoms with van der Waals surface area (Å²) in [6, 6.07) is 11.2. The molecule has 4 rings (SSSR count). The number of hydrogen-bond acceptors (Lipinski definition) is 7. The number of pyridine rings is 1. The summed E-state index contributed by atoms with van der Waals surface area (Å²) in [6.07, 6.45) is 4.71.